The van der Waals surface area contributed by atoms with Crippen molar-refractivity contribution in [2.45, 2.75) is 34.6 Å². The number of amides is 1. The molecule has 0 aromatic heterocycles. The van der Waals surface area contributed by atoms with E-state index in [1.54, 1.807) is 0 Å². The second kappa shape index (κ2) is 8.84. The highest BCUT2D eigenvalue weighted by molar-refractivity contribution is 6.11. The maximum absolute atomic E-state index is 13.5. The van der Waals surface area contributed by atoms with Crippen molar-refractivity contribution in [3.05, 3.63) is 54.2 Å². The minimum atomic E-state index is -0.799. The molecule has 1 aromatic carbocycles. The highest BCUT2D eigenvalue weighted by atomic mass is 16.2. The number of allylic oxidation sites excluding steroid dienone is 2. The Morgan fingerprint density at radius 2 is 1.62 bits per heavy atom. The summed E-state index contributed by atoms with van der Waals surface area (Å²) in [5.74, 6) is 0.923. The molecular weight excluding hydrogens is 322 g/mol. The van der Waals surface area contributed by atoms with Crippen molar-refractivity contribution < 1.29 is 4.79 Å². The normalized spacial score (nSPS) is 19.4. The Bertz CT molecular complexity index is 697. The van der Waals surface area contributed by atoms with Gasteiger partial charge in [0.25, 0.3) is 0 Å². The minimum Gasteiger partial charge on any atom is -0.359 e. The van der Waals surface area contributed by atoms with Gasteiger partial charge in [-0.3, -0.25) is 4.79 Å². The van der Waals surface area contributed by atoms with E-state index >= 15 is 0 Å². The lowest BCUT2D eigenvalue weighted by Gasteiger charge is -2.37. The second-order valence-corrected chi connectivity index (χ2v) is 6.59. The Kier molecular flexibility index (Phi) is 6.78. The van der Waals surface area contributed by atoms with Crippen molar-refractivity contribution in [3.63, 3.8) is 0 Å². The molecular formula is C22H31N3O. The van der Waals surface area contributed by atoms with Gasteiger partial charge < -0.3 is 9.80 Å². The number of aliphatic imine (C=N–C) groups is 1. The molecule has 1 atom stereocenters. The van der Waals surface area contributed by atoms with Gasteiger partial charge in [-0.05, 0) is 51.8 Å². The smallest absolute Gasteiger partial charge is 0.240 e. The van der Waals surface area contributed by atoms with E-state index in [1.807, 2.05) is 56.1 Å². The molecule has 0 saturated carbocycles. The number of hydrogen-bond acceptors (Lipinski definition) is 3. The summed E-state index contributed by atoms with van der Waals surface area (Å²) < 4.78 is 0. The molecule has 26 heavy (non-hydrogen) atoms. The topological polar surface area (TPSA) is 35.9 Å². The van der Waals surface area contributed by atoms with E-state index in [4.69, 9.17) is 4.99 Å². The quantitative estimate of drug-likeness (QED) is 0.768. The zero-order chi connectivity index (χ0) is 19.2. The van der Waals surface area contributed by atoms with Crippen LogP contribution in [0.3, 0.4) is 0 Å². The minimum absolute atomic E-state index is 0.102. The first-order valence-electron chi connectivity index (χ1n) is 9.59. The number of nitrogens with zero attached hydrogens (tertiary/aromatic N) is 3. The van der Waals surface area contributed by atoms with Gasteiger partial charge in [0.2, 0.25) is 5.91 Å². The van der Waals surface area contributed by atoms with E-state index in [-0.39, 0.29) is 5.91 Å². The Morgan fingerprint density at radius 1 is 1.00 bits per heavy atom. The Morgan fingerprint density at radius 3 is 2.15 bits per heavy atom. The number of benzene rings is 1. The van der Waals surface area contributed by atoms with Gasteiger partial charge in [-0.15, -0.1) is 0 Å². The van der Waals surface area contributed by atoms with Crippen molar-refractivity contribution in [3.8, 4) is 0 Å². The van der Waals surface area contributed by atoms with Crippen LogP contribution in [0.5, 0.6) is 0 Å². The molecule has 1 amide bonds. The molecule has 0 fully saturated rings. The van der Waals surface area contributed by atoms with Crippen molar-refractivity contribution in [2.24, 2.45) is 10.4 Å². The van der Waals surface area contributed by atoms with Crippen LogP contribution in [-0.4, -0.2) is 47.7 Å². The predicted molar refractivity (Wildman–Crippen MR) is 110 cm³/mol. The highest BCUT2D eigenvalue weighted by Crippen LogP contribution is 2.33. The van der Waals surface area contributed by atoms with E-state index < -0.39 is 5.41 Å². The molecule has 0 N–H and O–H groups in total. The Balaban J connectivity index is 2.61. The maximum Gasteiger partial charge on any atom is 0.240 e. The highest BCUT2D eigenvalue weighted by Gasteiger charge is 2.42. The van der Waals surface area contributed by atoms with Gasteiger partial charge >= 0.3 is 0 Å². The van der Waals surface area contributed by atoms with Crippen LogP contribution in [0.4, 0.5) is 0 Å². The van der Waals surface area contributed by atoms with Crippen LogP contribution in [0, 0.1) is 5.41 Å². The second-order valence-electron chi connectivity index (χ2n) is 6.59. The fraction of sp³-hybridized carbons (Fsp3) is 0.455. The molecule has 140 valence electrons. The van der Waals surface area contributed by atoms with E-state index in [2.05, 4.69) is 37.0 Å². The van der Waals surface area contributed by atoms with E-state index in [1.165, 1.54) is 0 Å². The number of carbonyl (C=O) groups excluding carboxylic acids is 1. The molecule has 1 unspecified atom stereocenters. The van der Waals surface area contributed by atoms with Gasteiger partial charge in [-0.25, -0.2) is 4.99 Å². The number of rotatable bonds is 6. The standard InChI is InChI=1S/C22H31N3O/c1-6-24(7-2)20-22(5,21(26)25(8-3)9-4)17-19(15-16-23-20)18-13-11-10-12-14-18/h10-17H,6-9H2,1-5H3. The lowest BCUT2D eigenvalue weighted by molar-refractivity contribution is -0.135. The van der Waals surface area contributed by atoms with Crippen LogP contribution in [-0.2, 0) is 4.79 Å². The van der Waals surface area contributed by atoms with E-state index in [9.17, 15) is 4.79 Å². The summed E-state index contributed by atoms with van der Waals surface area (Å²) in [5.41, 5.74) is 1.32. The van der Waals surface area contributed by atoms with Gasteiger partial charge in [0.1, 0.15) is 11.3 Å². The fourth-order valence-corrected chi connectivity index (χ4v) is 3.49. The Labute approximate surface area is 157 Å². The molecule has 0 saturated heterocycles. The zero-order valence-corrected chi connectivity index (χ0v) is 16.7. The largest absolute Gasteiger partial charge is 0.359 e. The van der Waals surface area contributed by atoms with Crippen LogP contribution in [0.15, 0.2) is 53.7 Å². The molecule has 4 nitrogen and oxygen atoms in total. The summed E-state index contributed by atoms with van der Waals surface area (Å²) in [7, 11) is 0. The monoisotopic (exact) mass is 353 g/mol. The molecule has 1 aliphatic rings. The summed E-state index contributed by atoms with van der Waals surface area (Å²) in [6.45, 7) is 13.3. The number of amidine groups is 1. The summed E-state index contributed by atoms with van der Waals surface area (Å²) in [4.78, 5) is 22.3. The van der Waals surface area contributed by atoms with E-state index in [0.29, 0.717) is 13.1 Å². The fourth-order valence-electron chi connectivity index (χ4n) is 3.49. The van der Waals surface area contributed by atoms with Gasteiger partial charge in [0.05, 0.1) is 0 Å². The maximum atomic E-state index is 13.5. The number of hydrogen-bond donors (Lipinski definition) is 0. The molecule has 0 aliphatic carbocycles. The van der Waals surface area contributed by atoms with Crippen LogP contribution < -0.4 is 0 Å². The third-order valence-corrected chi connectivity index (χ3v) is 5.02. The summed E-state index contributed by atoms with van der Waals surface area (Å²) in [6.07, 6.45) is 5.91. The van der Waals surface area contributed by atoms with Gasteiger partial charge in [-0.2, -0.15) is 0 Å². The first-order chi connectivity index (χ1) is 12.5. The molecule has 1 aliphatic heterocycles. The zero-order valence-electron chi connectivity index (χ0n) is 16.7. The molecule has 0 radical (unpaired) electrons. The average Bonchev–Trinajstić information content (AvgIpc) is 2.85. The lowest BCUT2D eigenvalue weighted by Crippen LogP contribution is -2.51. The van der Waals surface area contributed by atoms with Crippen LogP contribution in [0.2, 0.25) is 0 Å². The van der Waals surface area contributed by atoms with Gasteiger partial charge in [0.15, 0.2) is 0 Å². The van der Waals surface area contributed by atoms with E-state index in [0.717, 1.165) is 30.1 Å². The molecule has 0 spiro atoms. The van der Waals surface area contributed by atoms with Crippen molar-refractivity contribution in [1.29, 1.82) is 0 Å². The first kappa shape index (κ1) is 20.0. The third kappa shape index (κ3) is 3.90. The van der Waals surface area contributed by atoms with Crippen molar-refractivity contribution in [2.75, 3.05) is 26.2 Å². The molecule has 0 bridgehead atoms. The Hall–Kier alpha value is -2.36. The first-order valence-corrected chi connectivity index (χ1v) is 9.59. The molecule has 1 aromatic rings. The van der Waals surface area contributed by atoms with Gasteiger partial charge in [0, 0.05) is 32.4 Å². The van der Waals surface area contributed by atoms with Gasteiger partial charge in [-0.1, -0.05) is 36.4 Å². The molecule has 2 rings (SSSR count). The predicted octanol–water partition coefficient (Wildman–Crippen LogP) is 4.21. The van der Waals surface area contributed by atoms with Crippen LogP contribution >= 0.6 is 0 Å². The van der Waals surface area contributed by atoms with Crippen LogP contribution in [0.25, 0.3) is 5.57 Å². The summed E-state index contributed by atoms with van der Waals surface area (Å²) >= 11 is 0. The molecule has 4 heteroatoms. The average molecular weight is 354 g/mol. The lowest BCUT2D eigenvalue weighted by atomic mass is 9.83. The van der Waals surface area contributed by atoms with Crippen LogP contribution in [0.1, 0.15) is 40.2 Å². The number of carbonyl (C=O) groups is 1. The summed E-state index contributed by atoms with van der Waals surface area (Å²) in [6, 6.07) is 10.2. The van der Waals surface area contributed by atoms with Crippen molar-refractivity contribution >= 4 is 17.3 Å². The molecule has 1 heterocycles. The summed E-state index contributed by atoms with van der Waals surface area (Å²) in [5, 5.41) is 0. The van der Waals surface area contributed by atoms with Crippen molar-refractivity contribution in [1.82, 2.24) is 9.80 Å². The SMILES string of the molecule is CCN(CC)C(=O)C1(C)C=C(c2ccccc2)C=CN=C1N(CC)CC. The third-order valence-electron chi connectivity index (χ3n) is 5.02.